The monoisotopic (exact) mass is 245 g/mol. The molecule has 0 aliphatic heterocycles. The molecule has 0 aliphatic rings. The molecular weight excluding hydrogens is 226 g/mol. The van der Waals surface area contributed by atoms with Crippen molar-refractivity contribution in [3.05, 3.63) is 57.8 Å². The van der Waals surface area contributed by atoms with Crippen molar-refractivity contribution in [2.75, 3.05) is 0 Å². The van der Waals surface area contributed by atoms with E-state index in [1.54, 1.807) is 11.3 Å². The summed E-state index contributed by atoms with van der Waals surface area (Å²) < 4.78 is 0. The highest BCUT2D eigenvalue weighted by atomic mass is 32.1. The average Bonchev–Trinajstić information content (AvgIpc) is 2.83. The Labute approximate surface area is 107 Å². The van der Waals surface area contributed by atoms with Crippen LogP contribution in [0.5, 0.6) is 0 Å². The first-order valence-corrected chi connectivity index (χ1v) is 7.09. The quantitative estimate of drug-likeness (QED) is 0.848. The first-order valence-electron chi connectivity index (χ1n) is 6.15. The molecule has 1 heterocycles. The highest BCUT2D eigenvalue weighted by Gasteiger charge is 2.07. The third-order valence-electron chi connectivity index (χ3n) is 2.98. The van der Waals surface area contributed by atoms with Gasteiger partial charge in [0.1, 0.15) is 0 Å². The third kappa shape index (κ3) is 3.42. The van der Waals surface area contributed by atoms with Crippen molar-refractivity contribution in [2.45, 2.75) is 32.2 Å². The molecule has 2 N–H and O–H groups in total. The van der Waals surface area contributed by atoms with E-state index in [1.165, 1.54) is 23.1 Å². The molecule has 90 valence electrons. The lowest BCUT2D eigenvalue weighted by atomic mass is 9.99. The van der Waals surface area contributed by atoms with Crippen LogP contribution < -0.4 is 5.73 Å². The lowest BCUT2D eigenvalue weighted by Gasteiger charge is -2.11. The first kappa shape index (κ1) is 12.3. The molecule has 1 nitrogen and oxygen atoms in total. The topological polar surface area (TPSA) is 26.0 Å². The van der Waals surface area contributed by atoms with Crippen LogP contribution in [0.15, 0.2) is 41.1 Å². The largest absolute Gasteiger partial charge is 0.324 e. The van der Waals surface area contributed by atoms with E-state index in [4.69, 9.17) is 5.73 Å². The second-order valence-corrected chi connectivity index (χ2v) is 5.21. The summed E-state index contributed by atoms with van der Waals surface area (Å²) in [6.07, 6.45) is 3.27. The Morgan fingerprint density at radius 3 is 2.47 bits per heavy atom. The van der Waals surface area contributed by atoms with Crippen molar-refractivity contribution in [3.8, 4) is 0 Å². The Morgan fingerprint density at radius 1 is 1.12 bits per heavy atom. The fourth-order valence-electron chi connectivity index (χ4n) is 2.00. The highest BCUT2D eigenvalue weighted by Crippen LogP contribution is 2.18. The molecule has 0 aliphatic carbocycles. The van der Waals surface area contributed by atoms with Gasteiger partial charge in [-0.2, -0.15) is 11.3 Å². The molecule has 2 rings (SSSR count). The molecule has 0 saturated carbocycles. The summed E-state index contributed by atoms with van der Waals surface area (Å²) in [6, 6.07) is 11.0. The Hall–Kier alpha value is -1.12. The second-order valence-electron chi connectivity index (χ2n) is 4.43. The Bertz CT molecular complexity index is 430. The Morgan fingerprint density at radius 2 is 1.88 bits per heavy atom. The molecule has 1 unspecified atom stereocenters. The number of hydrogen-bond donors (Lipinski definition) is 1. The van der Waals surface area contributed by atoms with Crippen LogP contribution in [0.25, 0.3) is 0 Å². The first-order chi connectivity index (χ1) is 8.29. The standard InChI is InChI=1S/C15H19NS/c1-2-3-12-4-6-14(7-5-12)15(16)10-13-8-9-17-11-13/h4-9,11,15H,2-3,10,16H2,1H3. The van der Waals surface area contributed by atoms with Crippen molar-refractivity contribution < 1.29 is 0 Å². The Kier molecular flexibility index (Phi) is 4.35. The SMILES string of the molecule is CCCc1ccc(C(N)Cc2ccsc2)cc1. The van der Waals surface area contributed by atoms with Crippen LogP contribution in [0.4, 0.5) is 0 Å². The molecule has 17 heavy (non-hydrogen) atoms. The van der Waals surface area contributed by atoms with E-state index in [1.807, 2.05) is 0 Å². The predicted octanol–water partition coefficient (Wildman–Crippen LogP) is 3.94. The fraction of sp³-hybridized carbons (Fsp3) is 0.333. The minimum Gasteiger partial charge on any atom is -0.324 e. The van der Waals surface area contributed by atoms with Gasteiger partial charge in [0.15, 0.2) is 0 Å². The average molecular weight is 245 g/mol. The third-order valence-corrected chi connectivity index (χ3v) is 3.71. The molecule has 1 atom stereocenters. The van der Waals surface area contributed by atoms with Gasteiger partial charge in [0, 0.05) is 6.04 Å². The summed E-state index contributed by atoms with van der Waals surface area (Å²) in [7, 11) is 0. The number of rotatable bonds is 5. The molecule has 0 fully saturated rings. The minimum atomic E-state index is 0.111. The van der Waals surface area contributed by atoms with Gasteiger partial charge in [-0.1, -0.05) is 37.6 Å². The molecule has 1 aromatic heterocycles. The van der Waals surface area contributed by atoms with Crippen LogP contribution in [0.3, 0.4) is 0 Å². The summed E-state index contributed by atoms with van der Waals surface area (Å²) in [5, 5.41) is 4.28. The van der Waals surface area contributed by atoms with Gasteiger partial charge in [0.2, 0.25) is 0 Å². The van der Waals surface area contributed by atoms with Crippen LogP contribution in [0, 0.1) is 0 Å². The van der Waals surface area contributed by atoms with E-state index in [9.17, 15) is 0 Å². The van der Waals surface area contributed by atoms with Gasteiger partial charge < -0.3 is 5.73 Å². The maximum Gasteiger partial charge on any atom is 0.0336 e. The van der Waals surface area contributed by atoms with Crippen LogP contribution in [0.2, 0.25) is 0 Å². The molecule has 0 radical (unpaired) electrons. The lowest BCUT2D eigenvalue weighted by Crippen LogP contribution is -2.12. The van der Waals surface area contributed by atoms with E-state index >= 15 is 0 Å². The lowest BCUT2D eigenvalue weighted by molar-refractivity contribution is 0.723. The van der Waals surface area contributed by atoms with Gasteiger partial charge in [0.25, 0.3) is 0 Å². The summed E-state index contributed by atoms with van der Waals surface area (Å²) in [5.74, 6) is 0. The zero-order chi connectivity index (χ0) is 12.1. The molecule has 0 spiro atoms. The van der Waals surface area contributed by atoms with Gasteiger partial charge in [-0.25, -0.2) is 0 Å². The van der Waals surface area contributed by atoms with Crippen LogP contribution >= 0.6 is 11.3 Å². The molecule has 1 aromatic carbocycles. The van der Waals surface area contributed by atoms with E-state index in [-0.39, 0.29) is 6.04 Å². The van der Waals surface area contributed by atoms with Gasteiger partial charge in [0.05, 0.1) is 0 Å². The molecule has 0 amide bonds. The molecule has 2 heteroatoms. The van der Waals surface area contributed by atoms with Gasteiger partial charge in [-0.3, -0.25) is 0 Å². The van der Waals surface area contributed by atoms with Crippen molar-refractivity contribution in [1.29, 1.82) is 0 Å². The normalized spacial score (nSPS) is 12.6. The van der Waals surface area contributed by atoms with Gasteiger partial charge >= 0.3 is 0 Å². The maximum atomic E-state index is 6.21. The molecular formula is C15H19NS. The molecule has 0 saturated heterocycles. The smallest absolute Gasteiger partial charge is 0.0336 e. The van der Waals surface area contributed by atoms with Crippen molar-refractivity contribution in [2.24, 2.45) is 5.73 Å². The van der Waals surface area contributed by atoms with Crippen LogP contribution in [-0.4, -0.2) is 0 Å². The number of aryl methyl sites for hydroxylation is 1. The highest BCUT2D eigenvalue weighted by molar-refractivity contribution is 7.07. The van der Waals surface area contributed by atoms with Crippen molar-refractivity contribution >= 4 is 11.3 Å². The van der Waals surface area contributed by atoms with E-state index in [0.29, 0.717) is 0 Å². The van der Waals surface area contributed by atoms with E-state index in [0.717, 1.165) is 12.8 Å². The van der Waals surface area contributed by atoms with E-state index in [2.05, 4.69) is 48.0 Å². The Balaban J connectivity index is 2.01. The number of benzene rings is 1. The number of hydrogen-bond acceptors (Lipinski definition) is 2. The van der Waals surface area contributed by atoms with Crippen LogP contribution in [-0.2, 0) is 12.8 Å². The molecule has 2 aromatic rings. The summed E-state index contributed by atoms with van der Waals surface area (Å²) in [5.41, 5.74) is 10.2. The zero-order valence-corrected chi connectivity index (χ0v) is 11.0. The number of nitrogens with two attached hydrogens (primary N) is 1. The minimum absolute atomic E-state index is 0.111. The zero-order valence-electron chi connectivity index (χ0n) is 10.2. The van der Waals surface area contributed by atoms with Gasteiger partial charge in [-0.05, 0) is 46.4 Å². The van der Waals surface area contributed by atoms with Crippen LogP contribution in [0.1, 0.15) is 36.1 Å². The number of thiophene rings is 1. The molecule has 0 bridgehead atoms. The second kappa shape index (κ2) is 5.99. The van der Waals surface area contributed by atoms with Crippen molar-refractivity contribution in [3.63, 3.8) is 0 Å². The van der Waals surface area contributed by atoms with Crippen molar-refractivity contribution in [1.82, 2.24) is 0 Å². The summed E-state index contributed by atoms with van der Waals surface area (Å²) in [6.45, 7) is 2.20. The summed E-state index contributed by atoms with van der Waals surface area (Å²) in [4.78, 5) is 0. The van der Waals surface area contributed by atoms with E-state index < -0.39 is 0 Å². The van der Waals surface area contributed by atoms with Gasteiger partial charge in [-0.15, -0.1) is 0 Å². The predicted molar refractivity (Wildman–Crippen MR) is 75.4 cm³/mol. The summed E-state index contributed by atoms with van der Waals surface area (Å²) >= 11 is 1.73. The maximum absolute atomic E-state index is 6.21. The fourth-order valence-corrected chi connectivity index (χ4v) is 2.68.